The van der Waals surface area contributed by atoms with Gasteiger partial charge in [-0.1, -0.05) is 35.9 Å². The number of nitrogens with zero attached hydrogens (tertiary/aromatic N) is 1. The minimum atomic E-state index is 0.0757. The van der Waals surface area contributed by atoms with E-state index in [0.29, 0.717) is 17.6 Å². The summed E-state index contributed by atoms with van der Waals surface area (Å²) in [6, 6.07) is 14.1. The van der Waals surface area contributed by atoms with Crippen LogP contribution in [0, 0.1) is 5.92 Å². The number of aromatic nitrogens is 2. The minimum Gasteiger partial charge on any atom is -0.381 e. The van der Waals surface area contributed by atoms with E-state index in [1.807, 2.05) is 36.4 Å². The number of nitrogens with one attached hydrogen (secondary N) is 3. The molecule has 1 fully saturated rings. The lowest BCUT2D eigenvalue weighted by atomic mass is 9.85. The molecule has 0 unspecified atom stereocenters. The Labute approximate surface area is 163 Å². The van der Waals surface area contributed by atoms with Crippen LogP contribution in [0.2, 0.25) is 5.02 Å². The number of hydrogen-bond donors (Lipinski definition) is 3. The molecular weight excluding hydrogens is 360 g/mol. The molecule has 1 saturated carbocycles. The minimum absolute atomic E-state index is 0.0757. The van der Waals surface area contributed by atoms with Gasteiger partial charge in [0.15, 0.2) is 0 Å². The molecule has 5 nitrogen and oxygen atoms in total. The number of para-hydroxylation sites is 1. The van der Waals surface area contributed by atoms with Crippen molar-refractivity contribution in [2.24, 2.45) is 5.92 Å². The molecule has 1 aliphatic rings. The van der Waals surface area contributed by atoms with Crippen LogP contribution in [0.4, 0.5) is 5.69 Å². The fourth-order valence-corrected chi connectivity index (χ4v) is 3.97. The predicted molar refractivity (Wildman–Crippen MR) is 109 cm³/mol. The lowest BCUT2D eigenvalue weighted by Gasteiger charge is -2.29. The first-order chi connectivity index (χ1) is 13.2. The largest absolute Gasteiger partial charge is 0.381 e. The van der Waals surface area contributed by atoms with E-state index in [4.69, 9.17) is 11.6 Å². The number of carbonyl (C=O) groups excluding carboxylic acids is 1. The fraction of sp³-hybridized carbons (Fsp3) is 0.333. The second-order valence-electron chi connectivity index (χ2n) is 7.11. The molecule has 0 bridgehead atoms. The van der Waals surface area contributed by atoms with Crippen LogP contribution >= 0.6 is 11.6 Å². The van der Waals surface area contributed by atoms with Gasteiger partial charge in [0.1, 0.15) is 5.52 Å². The number of hydrogen-bond acceptors (Lipinski definition) is 3. The van der Waals surface area contributed by atoms with E-state index in [2.05, 4.69) is 26.7 Å². The highest BCUT2D eigenvalue weighted by molar-refractivity contribution is 6.31. The summed E-state index contributed by atoms with van der Waals surface area (Å²) in [5, 5.41) is 7.33. The summed E-state index contributed by atoms with van der Waals surface area (Å²) in [7, 11) is 0. The standard InChI is InChI=1S/C21H23ClN4O/c22-17-5-2-1-4-15(17)12-23-21(27)14-8-10-16(11-9-14)26-19-7-3-6-18-20(19)25-13-24-18/h1-7,13-14,16,26H,8-12H2,(H,23,27)(H,24,25)/t14-,16-. The van der Waals surface area contributed by atoms with E-state index in [0.717, 1.165) is 48.0 Å². The summed E-state index contributed by atoms with van der Waals surface area (Å²) < 4.78 is 0. The van der Waals surface area contributed by atoms with Gasteiger partial charge in [0.2, 0.25) is 5.91 Å². The van der Waals surface area contributed by atoms with Gasteiger partial charge in [-0.05, 0) is 49.4 Å². The third-order valence-electron chi connectivity index (χ3n) is 5.32. The van der Waals surface area contributed by atoms with Crippen molar-refractivity contribution in [3.63, 3.8) is 0 Å². The second-order valence-corrected chi connectivity index (χ2v) is 7.51. The average Bonchev–Trinajstić information content (AvgIpc) is 3.18. The smallest absolute Gasteiger partial charge is 0.223 e. The Morgan fingerprint density at radius 2 is 1.93 bits per heavy atom. The molecule has 1 heterocycles. The van der Waals surface area contributed by atoms with Gasteiger partial charge >= 0.3 is 0 Å². The summed E-state index contributed by atoms with van der Waals surface area (Å²) in [6.07, 6.45) is 5.46. The highest BCUT2D eigenvalue weighted by atomic mass is 35.5. The van der Waals surface area contributed by atoms with Gasteiger partial charge in [-0.25, -0.2) is 4.98 Å². The van der Waals surface area contributed by atoms with Gasteiger partial charge in [0.05, 0.1) is 17.5 Å². The fourth-order valence-electron chi connectivity index (χ4n) is 3.77. The van der Waals surface area contributed by atoms with E-state index in [1.165, 1.54) is 0 Å². The van der Waals surface area contributed by atoms with Crippen LogP contribution in [0.1, 0.15) is 31.2 Å². The van der Waals surface area contributed by atoms with Crippen molar-refractivity contribution in [3.05, 3.63) is 59.4 Å². The molecule has 0 spiro atoms. The van der Waals surface area contributed by atoms with Gasteiger partial charge in [-0.2, -0.15) is 0 Å². The molecule has 1 amide bonds. The molecule has 1 aliphatic carbocycles. The Kier molecular flexibility index (Phi) is 5.30. The molecule has 140 valence electrons. The zero-order valence-electron chi connectivity index (χ0n) is 15.0. The van der Waals surface area contributed by atoms with Crippen LogP contribution in [0.15, 0.2) is 48.8 Å². The Hall–Kier alpha value is -2.53. The van der Waals surface area contributed by atoms with Crippen LogP contribution < -0.4 is 10.6 Å². The van der Waals surface area contributed by atoms with Crippen LogP contribution in [0.3, 0.4) is 0 Å². The molecule has 0 atom stereocenters. The zero-order chi connectivity index (χ0) is 18.6. The molecule has 1 aromatic heterocycles. The van der Waals surface area contributed by atoms with Crippen molar-refractivity contribution < 1.29 is 4.79 Å². The first kappa shape index (κ1) is 17.9. The molecule has 4 rings (SSSR count). The van der Waals surface area contributed by atoms with Gasteiger partial charge in [0, 0.05) is 23.5 Å². The number of rotatable bonds is 5. The first-order valence-corrected chi connectivity index (χ1v) is 9.78. The zero-order valence-corrected chi connectivity index (χ0v) is 15.8. The van der Waals surface area contributed by atoms with Gasteiger partial charge in [-0.15, -0.1) is 0 Å². The molecule has 0 radical (unpaired) electrons. The van der Waals surface area contributed by atoms with Gasteiger partial charge < -0.3 is 15.6 Å². The first-order valence-electron chi connectivity index (χ1n) is 9.40. The van der Waals surface area contributed by atoms with E-state index in [-0.39, 0.29) is 11.8 Å². The molecule has 0 aliphatic heterocycles. The lowest BCUT2D eigenvalue weighted by Crippen LogP contribution is -2.35. The molecule has 3 N–H and O–H groups in total. The number of carbonyl (C=O) groups is 1. The third-order valence-corrected chi connectivity index (χ3v) is 5.69. The van der Waals surface area contributed by atoms with Gasteiger partial charge in [0.25, 0.3) is 0 Å². The second kappa shape index (κ2) is 8.01. The Bertz CT molecular complexity index is 931. The predicted octanol–water partition coefficient (Wildman–Crippen LogP) is 4.50. The monoisotopic (exact) mass is 382 g/mol. The highest BCUT2D eigenvalue weighted by Crippen LogP contribution is 2.29. The number of halogens is 1. The van der Waals surface area contributed by atoms with Crippen LogP contribution in [0.5, 0.6) is 0 Å². The molecule has 27 heavy (non-hydrogen) atoms. The lowest BCUT2D eigenvalue weighted by molar-refractivity contribution is -0.126. The van der Waals surface area contributed by atoms with E-state index < -0.39 is 0 Å². The normalized spacial score (nSPS) is 19.7. The number of H-pyrrole nitrogens is 1. The average molecular weight is 383 g/mol. The number of amides is 1. The Balaban J connectivity index is 1.29. The molecule has 0 saturated heterocycles. The summed E-state index contributed by atoms with van der Waals surface area (Å²) in [5.41, 5.74) is 4.01. The van der Waals surface area contributed by atoms with E-state index >= 15 is 0 Å². The molecule has 6 heteroatoms. The van der Waals surface area contributed by atoms with Crippen LogP contribution in [0.25, 0.3) is 11.0 Å². The maximum absolute atomic E-state index is 12.5. The molecule has 2 aromatic carbocycles. The van der Waals surface area contributed by atoms with Crippen molar-refractivity contribution in [2.45, 2.75) is 38.3 Å². The van der Waals surface area contributed by atoms with Crippen molar-refractivity contribution in [3.8, 4) is 0 Å². The number of fused-ring (bicyclic) bond motifs is 1. The number of benzene rings is 2. The topological polar surface area (TPSA) is 69.8 Å². The molecular formula is C21H23ClN4O. The summed E-state index contributed by atoms with van der Waals surface area (Å²) in [4.78, 5) is 20.0. The molecule has 3 aromatic rings. The summed E-state index contributed by atoms with van der Waals surface area (Å²) >= 11 is 6.16. The quantitative estimate of drug-likeness (QED) is 0.608. The van der Waals surface area contributed by atoms with E-state index in [9.17, 15) is 4.79 Å². The third kappa shape index (κ3) is 4.08. The van der Waals surface area contributed by atoms with Crippen molar-refractivity contribution in [1.82, 2.24) is 15.3 Å². The maximum atomic E-state index is 12.5. The maximum Gasteiger partial charge on any atom is 0.223 e. The van der Waals surface area contributed by atoms with Crippen molar-refractivity contribution in [1.29, 1.82) is 0 Å². The van der Waals surface area contributed by atoms with Crippen LogP contribution in [-0.4, -0.2) is 21.9 Å². The number of aromatic amines is 1. The van der Waals surface area contributed by atoms with Gasteiger partial charge in [-0.3, -0.25) is 4.79 Å². The Morgan fingerprint density at radius 3 is 2.74 bits per heavy atom. The van der Waals surface area contributed by atoms with Crippen LogP contribution in [-0.2, 0) is 11.3 Å². The van der Waals surface area contributed by atoms with Crippen molar-refractivity contribution in [2.75, 3.05) is 5.32 Å². The summed E-state index contributed by atoms with van der Waals surface area (Å²) in [5.74, 6) is 0.203. The Morgan fingerprint density at radius 1 is 1.11 bits per heavy atom. The summed E-state index contributed by atoms with van der Waals surface area (Å²) in [6.45, 7) is 0.484. The number of imidazole rings is 1. The highest BCUT2D eigenvalue weighted by Gasteiger charge is 2.26. The van der Waals surface area contributed by atoms with Crippen molar-refractivity contribution >= 4 is 34.2 Å². The van der Waals surface area contributed by atoms with E-state index in [1.54, 1.807) is 6.33 Å². The SMILES string of the molecule is O=C(NCc1ccccc1Cl)[C@H]1CC[C@H](Nc2cccc3[nH]cnc23)CC1. The number of anilines is 1.